The Bertz CT molecular complexity index is 1150. The zero-order valence-electron chi connectivity index (χ0n) is 18.6. The molecule has 3 aromatic rings. The monoisotopic (exact) mass is 468 g/mol. The smallest absolute Gasteiger partial charge is 0.314 e. The summed E-state index contributed by atoms with van der Waals surface area (Å²) in [5, 5.41) is 9.50. The Labute approximate surface area is 199 Å². The lowest BCUT2D eigenvalue weighted by Gasteiger charge is -2.44. The third-order valence-corrected chi connectivity index (χ3v) is 6.71. The van der Waals surface area contributed by atoms with Gasteiger partial charge in [-0.25, -0.2) is 4.79 Å². The third kappa shape index (κ3) is 4.70. The number of amides is 3. The fraction of sp³-hybridized carbons (Fsp3) is 0.360. The molecule has 0 spiro atoms. The van der Waals surface area contributed by atoms with Crippen molar-refractivity contribution in [2.75, 3.05) is 26.7 Å². The molecule has 7 nitrogen and oxygen atoms in total. The minimum Gasteiger partial charge on any atom is -0.450 e. The Morgan fingerprint density at radius 1 is 1.06 bits per heavy atom. The number of furan rings is 1. The van der Waals surface area contributed by atoms with E-state index < -0.39 is 0 Å². The molecule has 3 fully saturated rings. The quantitative estimate of drug-likeness (QED) is 0.532. The van der Waals surface area contributed by atoms with Crippen molar-refractivity contribution in [2.45, 2.75) is 25.4 Å². The molecule has 174 valence electrons. The molecular formula is C25H29ClN4O3. The number of halogens is 1. The van der Waals surface area contributed by atoms with Crippen LogP contribution in [0.4, 0.5) is 4.79 Å². The van der Waals surface area contributed by atoms with E-state index >= 15 is 0 Å². The van der Waals surface area contributed by atoms with E-state index in [1.54, 1.807) is 7.05 Å². The lowest BCUT2D eigenvalue weighted by molar-refractivity contribution is 0.0607. The number of nitrogens with one attached hydrogen (secondary N) is 3. The molecule has 2 bridgehead atoms. The second-order valence-corrected chi connectivity index (χ2v) is 8.64. The average molecular weight is 469 g/mol. The second kappa shape index (κ2) is 9.85. The molecule has 6 rings (SSSR count). The maximum atomic E-state index is 13.0. The van der Waals surface area contributed by atoms with E-state index in [-0.39, 0.29) is 30.4 Å². The molecule has 3 amide bonds. The number of nitrogens with zero attached hydrogens (tertiary/aromatic N) is 1. The van der Waals surface area contributed by atoms with Gasteiger partial charge >= 0.3 is 6.03 Å². The third-order valence-electron chi connectivity index (χ3n) is 6.71. The Hall–Kier alpha value is -3.03. The van der Waals surface area contributed by atoms with Gasteiger partial charge in [0.25, 0.3) is 5.91 Å². The first-order valence-electron chi connectivity index (χ1n) is 11.2. The van der Waals surface area contributed by atoms with E-state index in [2.05, 4.69) is 20.9 Å². The minimum atomic E-state index is -0.234. The first kappa shape index (κ1) is 23.1. The molecule has 3 N–H and O–H groups in total. The maximum absolute atomic E-state index is 13.0. The van der Waals surface area contributed by atoms with Crippen LogP contribution in [0.1, 0.15) is 29.0 Å². The van der Waals surface area contributed by atoms with Crippen LogP contribution in [0.25, 0.3) is 22.1 Å². The molecule has 2 aromatic carbocycles. The van der Waals surface area contributed by atoms with Gasteiger partial charge in [-0.2, -0.15) is 0 Å². The van der Waals surface area contributed by atoms with Crippen LogP contribution in [-0.2, 0) is 6.54 Å². The highest BCUT2D eigenvalue weighted by molar-refractivity contribution is 6.00. The fourth-order valence-electron chi connectivity index (χ4n) is 4.96. The van der Waals surface area contributed by atoms with Gasteiger partial charge in [-0.1, -0.05) is 42.5 Å². The predicted molar refractivity (Wildman–Crippen MR) is 131 cm³/mol. The molecule has 3 aliphatic heterocycles. The van der Waals surface area contributed by atoms with Crippen LogP contribution < -0.4 is 16.0 Å². The molecule has 0 aliphatic carbocycles. The number of piperidine rings is 3. The van der Waals surface area contributed by atoms with Gasteiger partial charge in [-0.3, -0.25) is 4.79 Å². The van der Waals surface area contributed by atoms with Gasteiger partial charge in [-0.15, -0.1) is 12.4 Å². The first-order valence-corrected chi connectivity index (χ1v) is 11.2. The van der Waals surface area contributed by atoms with E-state index in [4.69, 9.17) is 4.42 Å². The zero-order valence-corrected chi connectivity index (χ0v) is 19.4. The van der Waals surface area contributed by atoms with Gasteiger partial charge in [-0.05, 0) is 49.0 Å². The van der Waals surface area contributed by atoms with E-state index in [9.17, 15) is 9.59 Å². The molecule has 33 heavy (non-hydrogen) atoms. The topological polar surface area (TPSA) is 86.6 Å². The highest BCUT2D eigenvalue weighted by Gasteiger charge is 2.35. The van der Waals surface area contributed by atoms with Crippen molar-refractivity contribution in [2.24, 2.45) is 5.92 Å². The summed E-state index contributed by atoms with van der Waals surface area (Å²) in [5.41, 5.74) is 3.52. The maximum Gasteiger partial charge on any atom is 0.314 e. The van der Waals surface area contributed by atoms with Crippen molar-refractivity contribution in [3.8, 4) is 11.1 Å². The normalized spacial score (nSPS) is 21.3. The number of fused-ring (bicyclic) bond motifs is 4. The Balaban J connectivity index is 0.00000259. The number of benzene rings is 2. The van der Waals surface area contributed by atoms with Gasteiger partial charge in [0.05, 0.1) is 0 Å². The van der Waals surface area contributed by atoms with Crippen molar-refractivity contribution in [3.05, 3.63) is 59.9 Å². The summed E-state index contributed by atoms with van der Waals surface area (Å²) in [6, 6.07) is 15.6. The Morgan fingerprint density at radius 2 is 1.82 bits per heavy atom. The van der Waals surface area contributed by atoms with E-state index in [1.165, 1.54) is 0 Å². The number of hydrogen-bond acceptors (Lipinski definition) is 4. The van der Waals surface area contributed by atoms with Crippen molar-refractivity contribution >= 4 is 35.3 Å². The largest absolute Gasteiger partial charge is 0.450 e. The van der Waals surface area contributed by atoms with Gasteiger partial charge < -0.3 is 25.3 Å². The van der Waals surface area contributed by atoms with Crippen LogP contribution in [0.3, 0.4) is 0 Å². The lowest BCUT2D eigenvalue weighted by Crippen LogP contribution is -2.57. The van der Waals surface area contributed by atoms with E-state index in [0.717, 1.165) is 54.6 Å². The molecule has 1 atom stereocenters. The van der Waals surface area contributed by atoms with Gasteiger partial charge in [0.15, 0.2) is 5.76 Å². The van der Waals surface area contributed by atoms with Crippen LogP contribution >= 0.6 is 12.4 Å². The molecule has 0 unspecified atom stereocenters. The Kier molecular flexibility index (Phi) is 6.91. The Morgan fingerprint density at radius 3 is 2.55 bits per heavy atom. The summed E-state index contributed by atoms with van der Waals surface area (Å²) in [6.07, 6.45) is 2.30. The summed E-state index contributed by atoms with van der Waals surface area (Å²) in [5.74, 6) is 0.744. The molecule has 4 heterocycles. The number of para-hydroxylation sites is 1. The zero-order chi connectivity index (χ0) is 22.1. The number of rotatable bonds is 5. The van der Waals surface area contributed by atoms with Crippen LogP contribution in [0.15, 0.2) is 52.9 Å². The molecule has 8 heteroatoms. The molecule has 3 saturated heterocycles. The van der Waals surface area contributed by atoms with Crippen molar-refractivity contribution in [1.82, 2.24) is 20.9 Å². The number of urea groups is 1. The first-order chi connectivity index (χ1) is 15.6. The van der Waals surface area contributed by atoms with Gasteiger partial charge in [0.1, 0.15) is 5.58 Å². The summed E-state index contributed by atoms with van der Waals surface area (Å²) < 4.78 is 6.11. The molecule has 1 aromatic heterocycles. The standard InChI is InChI=1S/C25H28N4O3.ClH/c1-26-25(31)27-14-18-5-2-3-7-19(18)20-8-4-6-17-13-22(32-23(17)20)24(30)28-21-15-29-11-9-16(21)10-12-29;/h2-8,13,16,21H,9-12,14-15H2,1H3,(H,28,30)(H2,26,27,31);1H/t21-;/m0./s1. The SMILES string of the molecule is CNC(=O)NCc1ccccc1-c1cccc2cc(C(=O)N[C@H]3CN4CCC3CC4)oc12.Cl. The minimum absolute atomic E-state index is 0. The van der Waals surface area contributed by atoms with Crippen LogP contribution in [0, 0.1) is 5.92 Å². The summed E-state index contributed by atoms with van der Waals surface area (Å²) in [6.45, 7) is 3.59. The van der Waals surface area contributed by atoms with Crippen LogP contribution in [0.5, 0.6) is 0 Å². The van der Waals surface area contributed by atoms with Gasteiger partial charge in [0.2, 0.25) is 0 Å². The van der Waals surface area contributed by atoms with E-state index in [0.29, 0.717) is 23.8 Å². The average Bonchev–Trinajstić information content (AvgIpc) is 3.28. The van der Waals surface area contributed by atoms with Crippen molar-refractivity contribution in [3.63, 3.8) is 0 Å². The predicted octanol–water partition coefficient (Wildman–Crippen LogP) is 3.77. The summed E-state index contributed by atoms with van der Waals surface area (Å²) in [4.78, 5) is 27.1. The van der Waals surface area contributed by atoms with Crippen LogP contribution in [0.2, 0.25) is 0 Å². The molecule has 0 radical (unpaired) electrons. The van der Waals surface area contributed by atoms with Crippen molar-refractivity contribution in [1.29, 1.82) is 0 Å². The number of hydrogen-bond donors (Lipinski definition) is 3. The van der Waals surface area contributed by atoms with Gasteiger partial charge in [0, 0.05) is 37.1 Å². The summed E-state index contributed by atoms with van der Waals surface area (Å²) in [7, 11) is 1.59. The number of carbonyl (C=O) groups is 2. The lowest BCUT2D eigenvalue weighted by atomic mass is 9.84. The highest BCUT2D eigenvalue weighted by atomic mass is 35.5. The molecule has 0 saturated carbocycles. The number of carbonyl (C=O) groups excluding carboxylic acids is 2. The summed E-state index contributed by atoms with van der Waals surface area (Å²) >= 11 is 0. The van der Waals surface area contributed by atoms with Crippen LogP contribution in [-0.4, -0.2) is 49.6 Å². The fourth-order valence-corrected chi connectivity index (χ4v) is 4.96. The second-order valence-electron chi connectivity index (χ2n) is 8.64. The highest BCUT2D eigenvalue weighted by Crippen LogP contribution is 2.33. The van der Waals surface area contributed by atoms with Crippen molar-refractivity contribution < 1.29 is 14.0 Å². The molecule has 3 aliphatic rings. The van der Waals surface area contributed by atoms with E-state index in [1.807, 2.05) is 48.5 Å². The molecular weight excluding hydrogens is 440 g/mol.